The topological polar surface area (TPSA) is 60.0 Å². The highest BCUT2D eigenvalue weighted by Gasteiger charge is 2.22. The zero-order chi connectivity index (χ0) is 19.5. The highest BCUT2D eigenvalue weighted by molar-refractivity contribution is 14.0. The smallest absolute Gasteiger partial charge is 0.224 e. The number of carbonyl (C=O) groups is 1. The Morgan fingerprint density at radius 2 is 1.89 bits per heavy atom. The molecule has 1 unspecified atom stereocenters. The lowest BCUT2D eigenvalue weighted by molar-refractivity contribution is -0.130. The lowest BCUT2D eigenvalue weighted by Crippen LogP contribution is -2.40. The zero-order valence-electron chi connectivity index (χ0n) is 17.5. The van der Waals surface area contributed by atoms with E-state index in [2.05, 4.69) is 52.8 Å². The highest BCUT2D eigenvalue weighted by atomic mass is 127. The third kappa shape index (κ3) is 7.85. The van der Waals surface area contributed by atoms with Crippen molar-refractivity contribution >= 4 is 41.5 Å². The van der Waals surface area contributed by atoms with E-state index in [1.165, 1.54) is 5.69 Å². The molecule has 0 aliphatic carbocycles. The summed E-state index contributed by atoms with van der Waals surface area (Å²) in [5.74, 6) is 1.57. The number of aliphatic imine (C=N–C) groups is 1. The standard InChI is InChI=1S/C21H35N5O.HI/c1-4-22-21(23-14-12-20(27)25(5-2)6-3)24-16-18-13-15-26(17-18)19-10-8-7-9-11-19;/h7-11,18H,4-6,12-17H2,1-3H3,(H2,22,23,24);1H. The maximum atomic E-state index is 12.1. The second kappa shape index (κ2) is 13.6. The number of amides is 1. The summed E-state index contributed by atoms with van der Waals surface area (Å²) in [5.41, 5.74) is 1.30. The Morgan fingerprint density at radius 1 is 1.18 bits per heavy atom. The van der Waals surface area contributed by atoms with Crippen molar-refractivity contribution in [1.29, 1.82) is 0 Å². The molecule has 0 bridgehead atoms. The number of hydrogen-bond donors (Lipinski definition) is 2. The van der Waals surface area contributed by atoms with E-state index in [1.54, 1.807) is 0 Å². The van der Waals surface area contributed by atoms with Gasteiger partial charge in [-0.3, -0.25) is 9.79 Å². The van der Waals surface area contributed by atoms with E-state index < -0.39 is 0 Å². The lowest BCUT2D eigenvalue weighted by Gasteiger charge is -2.19. The molecule has 0 spiro atoms. The molecule has 1 heterocycles. The molecule has 7 heteroatoms. The summed E-state index contributed by atoms with van der Waals surface area (Å²) >= 11 is 0. The fourth-order valence-electron chi connectivity index (χ4n) is 3.44. The van der Waals surface area contributed by atoms with Gasteiger partial charge in [0.2, 0.25) is 5.91 Å². The average Bonchev–Trinajstić information content (AvgIpc) is 3.17. The molecule has 1 aliphatic heterocycles. The van der Waals surface area contributed by atoms with Crippen LogP contribution in [-0.4, -0.2) is 62.6 Å². The third-order valence-corrected chi connectivity index (χ3v) is 5.01. The Kier molecular flexibility index (Phi) is 11.9. The van der Waals surface area contributed by atoms with Crippen LogP contribution < -0.4 is 15.5 Å². The van der Waals surface area contributed by atoms with Gasteiger partial charge in [-0.2, -0.15) is 0 Å². The number of carbonyl (C=O) groups excluding carboxylic acids is 1. The number of hydrogen-bond acceptors (Lipinski definition) is 3. The normalized spacial score (nSPS) is 16.5. The summed E-state index contributed by atoms with van der Waals surface area (Å²) in [6.07, 6.45) is 1.66. The van der Waals surface area contributed by atoms with Crippen molar-refractivity contribution in [2.24, 2.45) is 10.9 Å². The minimum Gasteiger partial charge on any atom is -0.371 e. The van der Waals surface area contributed by atoms with Crippen LogP contribution in [0.25, 0.3) is 0 Å². The highest BCUT2D eigenvalue weighted by Crippen LogP contribution is 2.23. The first-order valence-corrected chi connectivity index (χ1v) is 10.3. The average molecular weight is 501 g/mol. The molecule has 0 aromatic heterocycles. The number of halogens is 1. The summed E-state index contributed by atoms with van der Waals surface area (Å²) in [6.45, 7) is 12.0. The predicted molar refractivity (Wildman–Crippen MR) is 129 cm³/mol. The van der Waals surface area contributed by atoms with E-state index in [0.29, 0.717) is 18.9 Å². The van der Waals surface area contributed by atoms with Crippen molar-refractivity contribution in [2.45, 2.75) is 33.6 Å². The van der Waals surface area contributed by atoms with Crippen molar-refractivity contribution in [2.75, 3.05) is 50.7 Å². The van der Waals surface area contributed by atoms with Crippen LogP contribution >= 0.6 is 24.0 Å². The van der Waals surface area contributed by atoms with Gasteiger partial charge in [-0.05, 0) is 45.2 Å². The van der Waals surface area contributed by atoms with Crippen molar-refractivity contribution in [3.63, 3.8) is 0 Å². The molecule has 1 saturated heterocycles. The van der Waals surface area contributed by atoms with Crippen LogP contribution in [-0.2, 0) is 4.79 Å². The van der Waals surface area contributed by atoms with Gasteiger partial charge in [0.1, 0.15) is 0 Å². The first-order valence-electron chi connectivity index (χ1n) is 10.3. The molecular formula is C21H36IN5O. The summed E-state index contributed by atoms with van der Waals surface area (Å²) in [7, 11) is 0. The molecular weight excluding hydrogens is 465 g/mol. The first-order chi connectivity index (χ1) is 13.2. The van der Waals surface area contributed by atoms with Crippen molar-refractivity contribution in [3.05, 3.63) is 30.3 Å². The Labute approximate surface area is 187 Å². The van der Waals surface area contributed by atoms with Gasteiger partial charge < -0.3 is 20.4 Å². The second-order valence-corrected chi connectivity index (χ2v) is 6.90. The fraction of sp³-hybridized carbons (Fsp3) is 0.619. The summed E-state index contributed by atoms with van der Waals surface area (Å²) in [6, 6.07) is 10.6. The van der Waals surface area contributed by atoms with Gasteiger partial charge in [0, 0.05) is 57.9 Å². The second-order valence-electron chi connectivity index (χ2n) is 6.90. The molecule has 1 fully saturated rings. The van der Waals surface area contributed by atoms with E-state index in [-0.39, 0.29) is 29.9 Å². The number of rotatable bonds is 9. The van der Waals surface area contributed by atoms with Gasteiger partial charge in [0.15, 0.2) is 5.96 Å². The Balaban J connectivity index is 0.00000392. The van der Waals surface area contributed by atoms with Gasteiger partial charge in [-0.1, -0.05) is 18.2 Å². The van der Waals surface area contributed by atoms with Crippen molar-refractivity contribution < 1.29 is 4.79 Å². The van der Waals surface area contributed by atoms with Crippen LogP contribution in [0.1, 0.15) is 33.6 Å². The molecule has 1 aromatic carbocycles. The molecule has 1 amide bonds. The molecule has 0 saturated carbocycles. The van der Waals surface area contributed by atoms with E-state index in [0.717, 1.165) is 51.6 Å². The number of anilines is 1. The van der Waals surface area contributed by atoms with E-state index in [1.807, 2.05) is 18.7 Å². The van der Waals surface area contributed by atoms with Crippen LogP contribution in [0, 0.1) is 5.92 Å². The van der Waals surface area contributed by atoms with Crippen LogP contribution in [0.5, 0.6) is 0 Å². The van der Waals surface area contributed by atoms with Crippen molar-refractivity contribution in [1.82, 2.24) is 15.5 Å². The number of guanidine groups is 1. The van der Waals surface area contributed by atoms with E-state index >= 15 is 0 Å². The number of nitrogens with zero attached hydrogens (tertiary/aromatic N) is 3. The number of benzene rings is 1. The third-order valence-electron chi connectivity index (χ3n) is 5.01. The molecule has 0 radical (unpaired) electrons. The molecule has 2 N–H and O–H groups in total. The zero-order valence-corrected chi connectivity index (χ0v) is 19.8. The number of nitrogens with one attached hydrogen (secondary N) is 2. The Bertz CT molecular complexity index is 592. The molecule has 1 aliphatic rings. The summed E-state index contributed by atoms with van der Waals surface area (Å²) in [4.78, 5) is 21.1. The van der Waals surface area contributed by atoms with Gasteiger partial charge in [-0.25, -0.2) is 0 Å². The monoisotopic (exact) mass is 501 g/mol. The van der Waals surface area contributed by atoms with Gasteiger partial charge >= 0.3 is 0 Å². The quantitative estimate of drug-likeness (QED) is 0.311. The van der Waals surface area contributed by atoms with Gasteiger partial charge in [0.25, 0.3) is 0 Å². The molecule has 6 nitrogen and oxygen atoms in total. The van der Waals surface area contributed by atoms with E-state index in [4.69, 9.17) is 4.99 Å². The molecule has 1 atom stereocenters. The molecule has 1 aromatic rings. The maximum Gasteiger partial charge on any atom is 0.224 e. The fourth-order valence-corrected chi connectivity index (χ4v) is 3.44. The van der Waals surface area contributed by atoms with Crippen LogP contribution in [0.15, 0.2) is 35.3 Å². The van der Waals surface area contributed by atoms with Crippen LogP contribution in [0.4, 0.5) is 5.69 Å². The Morgan fingerprint density at radius 3 is 2.54 bits per heavy atom. The summed E-state index contributed by atoms with van der Waals surface area (Å²) in [5, 5.41) is 6.58. The van der Waals surface area contributed by atoms with E-state index in [9.17, 15) is 4.79 Å². The minimum absolute atomic E-state index is 0. The predicted octanol–water partition coefficient (Wildman–Crippen LogP) is 2.94. The first kappa shape index (κ1) is 24.5. The van der Waals surface area contributed by atoms with Gasteiger partial charge in [-0.15, -0.1) is 24.0 Å². The largest absolute Gasteiger partial charge is 0.371 e. The molecule has 28 heavy (non-hydrogen) atoms. The molecule has 2 rings (SSSR count). The maximum absolute atomic E-state index is 12.1. The lowest BCUT2D eigenvalue weighted by atomic mass is 10.1. The SMILES string of the molecule is CCNC(=NCC1CCN(c2ccccc2)C1)NCCC(=O)N(CC)CC.I. The van der Waals surface area contributed by atoms with Crippen LogP contribution in [0.3, 0.4) is 0 Å². The minimum atomic E-state index is 0. The molecule has 158 valence electrons. The van der Waals surface area contributed by atoms with Crippen LogP contribution in [0.2, 0.25) is 0 Å². The number of para-hydroxylation sites is 1. The Hall–Kier alpha value is -1.51. The summed E-state index contributed by atoms with van der Waals surface area (Å²) < 4.78 is 0. The van der Waals surface area contributed by atoms with Crippen molar-refractivity contribution in [3.8, 4) is 0 Å². The van der Waals surface area contributed by atoms with Gasteiger partial charge in [0.05, 0.1) is 0 Å².